The minimum atomic E-state index is -4.26. The van der Waals surface area contributed by atoms with E-state index in [9.17, 15) is 13.2 Å². The van der Waals surface area contributed by atoms with Gasteiger partial charge in [0, 0.05) is 13.2 Å². The Balaban J connectivity index is 2.29. The Hall–Kier alpha value is -0.853. The van der Waals surface area contributed by atoms with Crippen molar-refractivity contribution in [2.75, 3.05) is 13.2 Å². The highest BCUT2D eigenvalue weighted by atomic mass is 28.3. The van der Waals surface area contributed by atoms with Crippen LogP contribution >= 0.6 is 0 Å². The Labute approximate surface area is 145 Å². The van der Waals surface area contributed by atoms with E-state index in [1.165, 1.54) is 12.1 Å². The number of hydrogen-bond acceptors (Lipinski definition) is 2. The minimum Gasteiger partial charge on any atom is -0.393 e. The number of alkyl halides is 3. The molecule has 0 saturated carbocycles. The average Bonchev–Trinajstić information content (AvgIpc) is 2.56. The van der Waals surface area contributed by atoms with Crippen molar-refractivity contribution in [2.45, 2.75) is 64.6 Å². The fraction of sp³-hybridized carbons (Fsp3) is 0.667. The number of halogens is 3. The molecule has 0 saturated heterocycles. The zero-order valence-electron chi connectivity index (χ0n) is 14.6. The summed E-state index contributed by atoms with van der Waals surface area (Å²) in [7, 11) is -1.19. The summed E-state index contributed by atoms with van der Waals surface area (Å²) in [4.78, 5) is 0. The Morgan fingerprint density at radius 1 is 0.958 bits per heavy atom. The minimum absolute atomic E-state index is 0.563. The van der Waals surface area contributed by atoms with Gasteiger partial charge in [-0.15, -0.1) is 0 Å². The molecule has 0 bridgehead atoms. The summed E-state index contributed by atoms with van der Waals surface area (Å²) in [5, 5.41) is 0. The van der Waals surface area contributed by atoms with E-state index in [1.54, 1.807) is 6.07 Å². The van der Waals surface area contributed by atoms with E-state index >= 15 is 0 Å². The third kappa shape index (κ3) is 8.85. The Morgan fingerprint density at radius 3 is 2.21 bits per heavy atom. The molecular weight excluding hydrogens is 333 g/mol. The van der Waals surface area contributed by atoms with E-state index < -0.39 is 21.0 Å². The van der Waals surface area contributed by atoms with Crippen LogP contribution in [-0.2, 0) is 21.4 Å². The van der Waals surface area contributed by atoms with Crippen molar-refractivity contribution in [3.05, 3.63) is 35.4 Å². The zero-order chi connectivity index (χ0) is 17.8. The third-order valence-electron chi connectivity index (χ3n) is 3.54. The van der Waals surface area contributed by atoms with Crippen LogP contribution in [0.4, 0.5) is 13.2 Å². The molecule has 0 aromatic heterocycles. The van der Waals surface area contributed by atoms with E-state index in [4.69, 9.17) is 8.85 Å². The number of benzene rings is 1. The number of aryl methyl sites for hydroxylation is 1. The van der Waals surface area contributed by atoms with Gasteiger partial charge in [-0.2, -0.15) is 13.2 Å². The SMILES string of the molecule is CCCO[Si](CCCCCc1cccc(C(F)(F)F)c1)OCCC. The van der Waals surface area contributed by atoms with Crippen LogP contribution in [0, 0.1) is 0 Å². The van der Waals surface area contributed by atoms with Gasteiger partial charge in [-0.05, 0) is 43.4 Å². The standard InChI is InChI=1S/C18H28F3O2Si/c1-3-12-22-24(23-13-4-2)14-7-5-6-9-16-10-8-11-17(15-16)18(19,20)21/h8,10-11,15H,3-7,9,12-14H2,1-2H3. The number of rotatable bonds is 12. The second-order valence-electron chi connectivity index (χ2n) is 5.83. The fourth-order valence-corrected chi connectivity index (χ4v) is 4.07. The molecule has 0 amide bonds. The summed E-state index contributed by atoms with van der Waals surface area (Å²) in [6, 6.07) is 6.56. The lowest BCUT2D eigenvalue weighted by Crippen LogP contribution is -2.23. The predicted octanol–water partition coefficient (Wildman–Crippen LogP) is 5.76. The molecule has 1 rings (SSSR count). The highest BCUT2D eigenvalue weighted by Gasteiger charge is 2.30. The topological polar surface area (TPSA) is 18.5 Å². The first-order chi connectivity index (χ1) is 11.5. The van der Waals surface area contributed by atoms with Crippen molar-refractivity contribution in [1.82, 2.24) is 0 Å². The largest absolute Gasteiger partial charge is 0.416 e. The lowest BCUT2D eigenvalue weighted by atomic mass is 10.0. The molecule has 0 spiro atoms. The predicted molar refractivity (Wildman–Crippen MR) is 92.0 cm³/mol. The quantitative estimate of drug-likeness (QED) is 0.348. The summed E-state index contributed by atoms with van der Waals surface area (Å²) in [6.45, 7) is 5.63. The van der Waals surface area contributed by atoms with Crippen molar-refractivity contribution in [1.29, 1.82) is 0 Å². The summed E-state index contributed by atoms with van der Waals surface area (Å²) in [5.41, 5.74) is 0.186. The summed E-state index contributed by atoms with van der Waals surface area (Å²) in [6.07, 6.45) is 1.25. The van der Waals surface area contributed by atoms with Gasteiger partial charge in [-0.3, -0.25) is 0 Å². The lowest BCUT2D eigenvalue weighted by molar-refractivity contribution is -0.137. The Kier molecular flexibility index (Phi) is 10.3. The Bertz CT molecular complexity index is 444. The van der Waals surface area contributed by atoms with Crippen molar-refractivity contribution in [3.8, 4) is 0 Å². The van der Waals surface area contributed by atoms with Crippen LogP contribution < -0.4 is 0 Å². The summed E-state index contributed by atoms with van der Waals surface area (Å²) >= 11 is 0. The normalized spacial score (nSPS) is 12.1. The van der Waals surface area contributed by atoms with E-state index in [2.05, 4.69) is 13.8 Å². The summed E-state index contributed by atoms with van der Waals surface area (Å²) in [5.74, 6) is 0. The molecule has 24 heavy (non-hydrogen) atoms. The van der Waals surface area contributed by atoms with Gasteiger partial charge in [-0.1, -0.05) is 44.9 Å². The van der Waals surface area contributed by atoms with Gasteiger partial charge >= 0.3 is 15.5 Å². The van der Waals surface area contributed by atoms with E-state index in [0.29, 0.717) is 6.42 Å². The molecule has 2 nitrogen and oxygen atoms in total. The summed E-state index contributed by atoms with van der Waals surface area (Å²) < 4.78 is 49.6. The maximum Gasteiger partial charge on any atom is 0.416 e. The van der Waals surface area contributed by atoms with Crippen molar-refractivity contribution < 1.29 is 22.0 Å². The molecule has 1 aromatic rings. The zero-order valence-corrected chi connectivity index (χ0v) is 15.6. The monoisotopic (exact) mass is 361 g/mol. The second-order valence-corrected chi connectivity index (χ2v) is 7.65. The van der Waals surface area contributed by atoms with Gasteiger partial charge < -0.3 is 8.85 Å². The van der Waals surface area contributed by atoms with Crippen LogP contribution in [0.5, 0.6) is 0 Å². The smallest absolute Gasteiger partial charge is 0.393 e. The molecule has 0 N–H and O–H groups in total. The molecule has 0 atom stereocenters. The van der Waals surface area contributed by atoms with Crippen molar-refractivity contribution in [2.24, 2.45) is 0 Å². The van der Waals surface area contributed by atoms with Crippen LogP contribution in [0.3, 0.4) is 0 Å². The molecule has 0 fully saturated rings. The first-order valence-electron chi connectivity index (χ1n) is 8.75. The van der Waals surface area contributed by atoms with Gasteiger partial charge in [0.1, 0.15) is 0 Å². The molecule has 0 aliphatic heterocycles. The van der Waals surface area contributed by atoms with E-state index in [1.807, 2.05) is 0 Å². The molecule has 0 unspecified atom stereocenters. The molecule has 6 heteroatoms. The number of unbranched alkanes of at least 4 members (excludes halogenated alkanes) is 2. The molecule has 137 valence electrons. The van der Waals surface area contributed by atoms with Gasteiger partial charge in [0.05, 0.1) is 5.56 Å². The first kappa shape index (κ1) is 21.2. The maximum absolute atomic E-state index is 12.7. The van der Waals surface area contributed by atoms with Crippen LogP contribution in [0.15, 0.2) is 24.3 Å². The fourth-order valence-electron chi connectivity index (χ4n) is 2.30. The lowest BCUT2D eigenvalue weighted by Gasteiger charge is -2.14. The molecule has 1 aromatic carbocycles. The van der Waals surface area contributed by atoms with Crippen LogP contribution in [0.1, 0.15) is 57.1 Å². The Morgan fingerprint density at radius 2 is 1.62 bits per heavy atom. The molecule has 0 heterocycles. The van der Waals surface area contributed by atoms with Crippen molar-refractivity contribution >= 4 is 9.28 Å². The molecule has 0 aliphatic carbocycles. The van der Waals surface area contributed by atoms with Gasteiger partial charge in [0.25, 0.3) is 0 Å². The van der Waals surface area contributed by atoms with Crippen LogP contribution in [-0.4, -0.2) is 22.5 Å². The number of hydrogen-bond donors (Lipinski definition) is 0. The molecule has 1 radical (unpaired) electrons. The van der Waals surface area contributed by atoms with E-state index in [-0.39, 0.29) is 0 Å². The molecule has 0 aliphatic rings. The van der Waals surface area contributed by atoms with Crippen LogP contribution in [0.2, 0.25) is 6.04 Å². The highest BCUT2D eigenvalue weighted by molar-refractivity contribution is 6.44. The average molecular weight is 362 g/mol. The van der Waals surface area contributed by atoms with E-state index in [0.717, 1.165) is 63.0 Å². The van der Waals surface area contributed by atoms with Crippen LogP contribution in [0.25, 0.3) is 0 Å². The second kappa shape index (κ2) is 11.7. The maximum atomic E-state index is 12.7. The van der Waals surface area contributed by atoms with Crippen molar-refractivity contribution in [3.63, 3.8) is 0 Å². The first-order valence-corrected chi connectivity index (χ1v) is 10.3. The van der Waals surface area contributed by atoms with Gasteiger partial charge in [-0.25, -0.2) is 0 Å². The van der Waals surface area contributed by atoms with Gasteiger partial charge in [0.2, 0.25) is 0 Å². The highest BCUT2D eigenvalue weighted by Crippen LogP contribution is 2.29. The third-order valence-corrected chi connectivity index (χ3v) is 5.35. The molecular formula is C18H28F3O2Si. The van der Waals surface area contributed by atoms with Gasteiger partial charge in [0.15, 0.2) is 0 Å².